The van der Waals surface area contributed by atoms with E-state index in [2.05, 4.69) is 28.2 Å². The van der Waals surface area contributed by atoms with Gasteiger partial charge in [-0.3, -0.25) is 0 Å². The lowest BCUT2D eigenvalue weighted by Gasteiger charge is -2.34. The highest BCUT2D eigenvalue weighted by molar-refractivity contribution is 5.50. The summed E-state index contributed by atoms with van der Waals surface area (Å²) in [4.78, 5) is 4.44. The van der Waals surface area contributed by atoms with Crippen LogP contribution in [0, 0.1) is 5.82 Å². The van der Waals surface area contributed by atoms with Gasteiger partial charge in [-0.15, -0.1) is 0 Å². The zero-order valence-electron chi connectivity index (χ0n) is 11.5. The minimum Gasteiger partial charge on any atom is -0.367 e. The number of benzene rings is 1. The molecule has 3 nitrogen and oxygen atoms in total. The molecule has 1 aromatic rings. The summed E-state index contributed by atoms with van der Waals surface area (Å²) in [5.74, 6) is -0.0734. The highest BCUT2D eigenvalue weighted by Gasteiger charge is 2.20. The van der Waals surface area contributed by atoms with Gasteiger partial charge in [0.2, 0.25) is 0 Å². The molecule has 4 heteroatoms. The van der Waals surface area contributed by atoms with Crippen molar-refractivity contribution >= 4 is 5.69 Å². The van der Waals surface area contributed by atoms with Gasteiger partial charge in [-0.25, -0.2) is 4.39 Å². The maximum Gasteiger partial charge on any atom is 0.146 e. The van der Waals surface area contributed by atoms with E-state index in [4.69, 9.17) is 0 Å². The number of hydrogen-bond acceptors (Lipinski definition) is 3. The first-order valence-electron chi connectivity index (χ1n) is 7.20. The lowest BCUT2D eigenvalue weighted by molar-refractivity contribution is 0.311. The van der Waals surface area contributed by atoms with Gasteiger partial charge in [0.05, 0.1) is 5.69 Å². The normalized spacial score (nSPS) is 24.9. The van der Waals surface area contributed by atoms with Gasteiger partial charge in [-0.2, -0.15) is 0 Å². The van der Waals surface area contributed by atoms with Gasteiger partial charge in [0.1, 0.15) is 5.82 Å². The fourth-order valence-corrected chi connectivity index (χ4v) is 3.01. The Labute approximate surface area is 114 Å². The van der Waals surface area contributed by atoms with Crippen LogP contribution < -0.4 is 10.2 Å². The minimum atomic E-state index is -0.0734. The van der Waals surface area contributed by atoms with Crippen LogP contribution in [0.2, 0.25) is 0 Å². The summed E-state index contributed by atoms with van der Waals surface area (Å²) in [6, 6.07) is 6.10. The molecule has 0 aliphatic carbocycles. The molecule has 0 amide bonds. The molecular formula is C15H22FN3. The second kappa shape index (κ2) is 5.47. The number of piperazine rings is 1. The maximum atomic E-state index is 14.3. The summed E-state index contributed by atoms with van der Waals surface area (Å²) >= 11 is 0. The Morgan fingerprint density at radius 1 is 1.21 bits per heavy atom. The Morgan fingerprint density at radius 3 is 2.63 bits per heavy atom. The zero-order chi connectivity index (χ0) is 13.2. The smallest absolute Gasteiger partial charge is 0.146 e. The molecule has 3 rings (SSSR count). The van der Waals surface area contributed by atoms with Crippen molar-refractivity contribution in [2.24, 2.45) is 0 Å². The zero-order valence-corrected chi connectivity index (χ0v) is 11.5. The highest BCUT2D eigenvalue weighted by Crippen LogP contribution is 2.28. The molecule has 0 spiro atoms. The van der Waals surface area contributed by atoms with Crippen LogP contribution in [0.4, 0.5) is 10.1 Å². The fourth-order valence-electron chi connectivity index (χ4n) is 3.01. The van der Waals surface area contributed by atoms with E-state index in [-0.39, 0.29) is 5.82 Å². The fraction of sp³-hybridized carbons (Fsp3) is 0.600. The lowest BCUT2D eigenvalue weighted by Crippen LogP contribution is -2.44. The average molecular weight is 263 g/mol. The molecule has 19 heavy (non-hydrogen) atoms. The van der Waals surface area contributed by atoms with Gasteiger partial charge in [-0.1, -0.05) is 6.07 Å². The SMILES string of the molecule is CN1CCN(c2ccc(C3CCCN3)cc2F)CC1. The predicted molar refractivity (Wildman–Crippen MR) is 76.1 cm³/mol. The van der Waals surface area contributed by atoms with Gasteiger partial charge < -0.3 is 15.1 Å². The number of likely N-dealkylation sites (N-methyl/N-ethyl adjacent to an activating group) is 1. The number of nitrogens with one attached hydrogen (secondary N) is 1. The summed E-state index contributed by atoms with van der Waals surface area (Å²) in [7, 11) is 2.11. The van der Waals surface area contributed by atoms with Crippen molar-refractivity contribution < 1.29 is 4.39 Å². The number of halogens is 1. The number of nitrogens with zero attached hydrogens (tertiary/aromatic N) is 2. The van der Waals surface area contributed by atoms with E-state index in [0.717, 1.165) is 50.4 Å². The van der Waals surface area contributed by atoms with Crippen LogP contribution in [0.5, 0.6) is 0 Å². The second-order valence-electron chi connectivity index (χ2n) is 5.65. The van der Waals surface area contributed by atoms with Crippen LogP contribution in [-0.4, -0.2) is 44.7 Å². The predicted octanol–water partition coefficient (Wildman–Crippen LogP) is 2.00. The molecule has 0 saturated carbocycles. The summed E-state index contributed by atoms with van der Waals surface area (Å²) in [6.07, 6.45) is 2.31. The van der Waals surface area contributed by atoms with Gasteiger partial charge in [-0.05, 0) is 44.1 Å². The Hall–Kier alpha value is -1.13. The Bertz CT molecular complexity index is 435. The van der Waals surface area contributed by atoms with Gasteiger partial charge in [0, 0.05) is 32.2 Å². The summed E-state index contributed by atoms with van der Waals surface area (Å²) in [6.45, 7) is 4.88. The third kappa shape index (κ3) is 2.74. The molecular weight excluding hydrogens is 241 g/mol. The third-order valence-corrected chi connectivity index (χ3v) is 4.28. The van der Waals surface area contributed by atoms with Crippen molar-refractivity contribution in [3.05, 3.63) is 29.6 Å². The van der Waals surface area contributed by atoms with Crippen molar-refractivity contribution in [2.75, 3.05) is 44.7 Å². The van der Waals surface area contributed by atoms with Crippen LogP contribution in [0.1, 0.15) is 24.4 Å². The molecule has 1 aromatic carbocycles. The van der Waals surface area contributed by atoms with Crippen LogP contribution in [0.15, 0.2) is 18.2 Å². The van der Waals surface area contributed by atoms with E-state index >= 15 is 0 Å². The maximum absolute atomic E-state index is 14.3. The molecule has 1 atom stereocenters. The average Bonchev–Trinajstić information content (AvgIpc) is 2.94. The molecule has 104 valence electrons. The first-order valence-corrected chi connectivity index (χ1v) is 7.20. The quantitative estimate of drug-likeness (QED) is 0.880. The van der Waals surface area contributed by atoms with E-state index in [0.29, 0.717) is 6.04 Å². The highest BCUT2D eigenvalue weighted by atomic mass is 19.1. The summed E-state index contributed by atoms with van der Waals surface area (Å²) < 4.78 is 14.3. The number of hydrogen-bond donors (Lipinski definition) is 1. The van der Waals surface area contributed by atoms with E-state index in [9.17, 15) is 4.39 Å². The van der Waals surface area contributed by atoms with Gasteiger partial charge >= 0.3 is 0 Å². The Kier molecular flexibility index (Phi) is 3.71. The molecule has 2 fully saturated rings. The van der Waals surface area contributed by atoms with Crippen molar-refractivity contribution in [2.45, 2.75) is 18.9 Å². The number of rotatable bonds is 2. The van der Waals surface area contributed by atoms with Gasteiger partial charge in [0.15, 0.2) is 0 Å². The van der Waals surface area contributed by atoms with E-state index in [1.54, 1.807) is 6.07 Å². The number of anilines is 1. The Morgan fingerprint density at radius 2 is 2.00 bits per heavy atom. The van der Waals surface area contributed by atoms with E-state index < -0.39 is 0 Å². The van der Waals surface area contributed by atoms with E-state index in [1.165, 1.54) is 6.42 Å². The first-order chi connectivity index (χ1) is 9.24. The van der Waals surface area contributed by atoms with Crippen LogP contribution in [0.3, 0.4) is 0 Å². The minimum absolute atomic E-state index is 0.0734. The monoisotopic (exact) mass is 263 g/mol. The van der Waals surface area contributed by atoms with Crippen LogP contribution in [0.25, 0.3) is 0 Å². The summed E-state index contributed by atoms with van der Waals surface area (Å²) in [5.41, 5.74) is 1.85. The topological polar surface area (TPSA) is 18.5 Å². The molecule has 2 aliphatic heterocycles. The van der Waals surface area contributed by atoms with E-state index in [1.807, 2.05) is 6.07 Å². The molecule has 0 aromatic heterocycles. The molecule has 2 aliphatic rings. The molecule has 2 saturated heterocycles. The van der Waals surface area contributed by atoms with Crippen molar-refractivity contribution in [3.63, 3.8) is 0 Å². The van der Waals surface area contributed by atoms with Gasteiger partial charge in [0.25, 0.3) is 0 Å². The largest absolute Gasteiger partial charge is 0.367 e. The molecule has 0 bridgehead atoms. The lowest BCUT2D eigenvalue weighted by atomic mass is 10.0. The summed E-state index contributed by atoms with van der Waals surface area (Å²) in [5, 5.41) is 3.42. The van der Waals surface area contributed by atoms with Crippen molar-refractivity contribution in [1.29, 1.82) is 0 Å². The molecule has 0 radical (unpaired) electrons. The third-order valence-electron chi connectivity index (χ3n) is 4.28. The van der Waals surface area contributed by atoms with Crippen molar-refractivity contribution in [1.82, 2.24) is 10.2 Å². The second-order valence-corrected chi connectivity index (χ2v) is 5.65. The molecule has 1 unspecified atom stereocenters. The molecule has 2 heterocycles. The van der Waals surface area contributed by atoms with Crippen LogP contribution >= 0.6 is 0 Å². The standard InChI is InChI=1S/C15H22FN3/c1-18-7-9-19(10-8-18)15-5-4-12(11-13(15)16)14-3-2-6-17-14/h4-5,11,14,17H,2-3,6-10H2,1H3. The molecule has 1 N–H and O–H groups in total. The first kappa shape index (κ1) is 12.9. The Balaban J connectivity index is 1.75. The van der Waals surface area contributed by atoms with Crippen LogP contribution in [-0.2, 0) is 0 Å². The van der Waals surface area contributed by atoms with Crippen molar-refractivity contribution in [3.8, 4) is 0 Å².